The van der Waals surface area contributed by atoms with Crippen LogP contribution in [0.3, 0.4) is 0 Å². The molecule has 4 N–H and O–H groups in total. The highest BCUT2D eigenvalue weighted by molar-refractivity contribution is 6.31. The van der Waals surface area contributed by atoms with Crippen molar-refractivity contribution in [2.24, 2.45) is 0 Å². The molecule has 1 unspecified atom stereocenters. The Balaban J connectivity index is 1.50. The first-order valence-corrected chi connectivity index (χ1v) is 11.5. The molecule has 5 rings (SSSR count). The summed E-state index contributed by atoms with van der Waals surface area (Å²) in [5.41, 5.74) is 2.00. The van der Waals surface area contributed by atoms with Gasteiger partial charge in [0.15, 0.2) is 0 Å². The number of benzene rings is 1. The summed E-state index contributed by atoms with van der Waals surface area (Å²) in [4.78, 5) is 20.1. The molecule has 1 aromatic carbocycles. The lowest BCUT2D eigenvalue weighted by Crippen LogP contribution is -2.53. The normalized spacial score (nSPS) is 21.5. The lowest BCUT2D eigenvalue weighted by Gasteiger charge is -2.35. The second-order valence-electron chi connectivity index (χ2n) is 8.97. The molecule has 1 amide bonds. The number of methoxy groups -OCH3 is 1. The van der Waals surface area contributed by atoms with Gasteiger partial charge < -0.3 is 30.2 Å². The summed E-state index contributed by atoms with van der Waals surface area (Å²) in [7, 11) is 1.55. The summed E-state index contributed by atoms with van der Waals surface area (Å²) < 4.78 is 11.3. The van der Waals surface area contributed by atoms with E-state index < -0.39 is 11.6 Å². The largest absolute Gasteiger partial charge is 0.490 e. The SMILES string of the molecule is COC[C@]1(C)Nc2c(cnc3[nH]cc(C(O)c4ccc(OC5CCCC5)cc4Cl)c23)NC1=O. The van der Waals surface area contributed by atoms with E-state index in [1.54, 1.807) is 38.6 Å². The highest BCUT2D eigenvalue weighted by atomic mass is 35.5. The van der Waals surface area contributed by atoms with Gasteiger partial charge in [-0.1, -0.05) is 17.7 Å². The molecule has 1 aliphatic carbocycles. The smallest absolute Gasteiger partial charge is 0.252 e. The zero-order valence-electron chi connectivity index (χ0n) is 18.6. The molecular formula is C24H27ClN4O4. The van der Waals surface area contributed by atoms with Crippen molar-refractivity contribution in [3.8, 4) is 5.75 Å². The zero-order valence-corrected chi connectivity index (χ0v) is 19.3. The van der Waals surface area contributed by atoms with E-state index >= 15 is 0 Å². The Morgan fingerprint density at radius 1 is 1.30 bits per heavy atom. The summed E-state index contributed by atoms with van der Waals surface area (Å²) >= 11 is 6.57. The number of carbonyl (C=O) groups is 1. The molecule has 0 saturated heterocycles. The second-order valence-corrected chi connectivity index (χ2v) is 9.38. The fourth-order valence-electron chi connectivity index (χ4n) is 4.71. The van der Waals surface area contributed by atoms with Crippen molar-refractivity contribution in [1.29, 1.82) is 0 Å². The molecule has 0 spiro atoms. The molecule has 3 heterocycles. The van der Waals surface area contributed by atoms with Gasteiger partial charge in [-0.25, -0.2) is 4.98 Å². The highest BCUT2D eigenvalue weighted by Gasteiger charge is 2.39. The number of halogens is 1. The molecule has 2 atom stereocenters. The van der Waals surface area contributed by atoms with E-state index in [-0.39, 0.29) is 18.6 Å². The van der Waals surface area contributed by atoms with Crippen molar-refractivity contribution >= 4 is 39.9 Å². The molecule has 1 fully saturated rings. The Morgan fingerprint density at radius 3 is 2.82 bits per heavy atom. The molecule has 174 valence electrons. The second kappa shape index (κ2) is 8.52. The Hall–Kier alpha value is -2.81. The van der Waals surface area contributed by atoms with Crippen molar-refractivity contribution in [2.75, 3.05) is 24.4 Å². The van der Waals surface area contributed by atoms with E-state index in [0.29, 0.717) is 44.3 Å². The lowest BCUT2D eigenvalue weighted by molar-refractivity contribution is -0.121. The van der Waals surface area contributed by atoms with Gasteiger partial charge in [-0.15, -0.1) is 0 Å². The molecule has 0 bridgehead atoms. The lowest BCUT2D eigenvalue weighted by atomic mass is 9.95. The number of H-pyrrole nitrogens is 1. The van der Waals surface area contributed by atoms with Crippen LogP contribution in [0.2, 0.25) is 5.02 Å². The molecule has 0 radical (unpaired) electrons. The molecule has 9 heteroatoms. The number of nitrogens with one attached hydrogen (secondary N) is 3. The number of amides is 1. The van der Waals surface area contributed by atoms with Gasteiger partial charge in [0, 0.05) is 24.4 Å². The van der Waals surface area contributed by atoms with Gasteiger partial charge in [-0.05, 0) is 44.7 Å². The monoisotopic (exact) mass is 470 g/mol. The van der Waals surface area contributed by atoms with Crippen molar-refractivity contribution in [2.45, 2.75) is 50.4 Å². The third-order valence-corrected chi connectivity index (χ3v) is 6.81. The van der Waals surface area contributed by atoms with Gasteiger partial charge in [0.1, 0.15) is 23.0 Å². The van der Waals surface area contributed by atoms with Crippen LogP contribution in [0.25, 0.3) is 11.0 Å². The standard InChI is InChI=1S/C24H27ClN4O4/c1-24(12-32-2)23(31)28-18-11-27-22-19(20(18)29-24)16(10-26-22)21(30)15-8-7-14(9-17(15)25)33-13-5-3-4-6-13/h7-11,13,21,29-30H,3-6,12H2,1-2H3,(H,26,27)(H,28,31)/t21?,24-/m0/s1. The minimum atomic E-state index is -1.01. The van der Waals surface area contributed by atoms with Crippen LogP contribution in [0.15, 0.2) is 30.6 Å². The molecular weight excluding hydrogens is 444 g/mol. The first-order chi connectivity index (χ1) is 15.9. The fraction of sp³-hybridized carbons (Fsp3) is 0.417. The van der Waals surface area contributed by atoms with Crippen LogP contribution in [0.1, 0.15) is 49.8 Å². The topological polar surface area (TPSA) is 108 Å². The summed E-state index contributed by atoms with van der Waals surface area (Å²) in [5.74, 6) is 0.497. The number of hydrogen-bond acceptors (Lipinski definition) is 6. The van der Waals surface area contributed by atoms with Crippen molar-refractivity contribution in [3.63, 3.8) is 0 Å². The van der Waals surface area contributed by atoms with Gasteiger partial charge >= 0.3 is 0 Å². The van der Waals surface area contributed by atoms with E-state index in [0.717, 1.165) is 12.8 Å². The van der Waals surface area contributed by atoms with E-state index in [1.807, 2.05) is 6.07 Å². The van der Waals surface area contributed by atoms with Crippen molar-refractivity contribution in [1.82, 2.24) is 9.97 Å². The van der Waals surface area contributed by atoms with Gasteiger partial charge in [-0.2, -0.15) is 0 Å². The van der Waals surface area contributed by atoms with Gasteiger partial charge in [0.25, 0.3) is 5.91 Å². The number of ether oxygens (including phenoxy) is 2. The van der Waals surface area contributed by atoms with Gasteiger partial charge in [0.05, 0.1) is 40.7 Å². The summed E-state index contributed by atoms with van der Waals surface area (Å²) in [6.07, 6.45) is 7.01. The number of aromatic nitrogens is 2. The minimum absolute atomic E-state index is 0.179. The maximum atomic E-state index is 12.6. The predicted octanol–water partition coefficient (Wildman–Crippen LogP) is 4.39. The summed E-state index contributed by atoms with van der Waals surface area (Å²) in [6, 6.07) is 5.40. The van der Waals surface area contributed by atoms with Crippen molar-refractivity contribution < 1.29 is 19.4 Å². The predicted molar refractivity (Wildman–Crippen MR) is 127 cm³/mol. The summed E-state index contributed by atoms with van der Waals surface area (Å²) in [5, 5.41) is 18.6. The van der Waals surface area contributed by atoms with Crippen LogP contribution in [0, 0.1) is 0 Å². The van der Waals surface area contributed by atoms with E-state index in [2.05, 4.69) is 20.6 Å². The third kappa shape index (κ3) is 3.92. The van der Waals surface area contributed by atoms with Gasteiger partial charge in [-0.3, -0.25) is 4.79 Å². The van der Waals surface area contributed by atoms with Crippen LogP contribution in [-0.4, -0.2) is 46.3 Å². The maximum Gasteiger partial charge on any atom is 0.252 e. The quantitative estimate of drug-likeness (QED) is 0.425. The van der Waals surface area contributed by atoms with E-state index in [1.165, 1.54) is 12.8 Å². The Morgan fingerprint density at radius 2 is 2.09 bits per heavy atom. The molecule has 1 aliphatic heterocycles. The minimum Gasteiger partial charge on any atom is -0.490 e. The highest BCUT2D eigenvalue weighted by Crippen LogP contribution is 2.42. The number of aliphatic hydroxyl groups excluding tert-OH is 1. The Bertz CT molecular complexity index is 1210. The molecule has 33 heavy (non-hydrogen) atoms. The third-order valence-electron chi connectivity index (χ3n) is 6.48. The van der Waals surface area contributed by atoms with E-state index in [4.69, 9.17) is 21.1 Å². The molecule has 1 saturated carbocycles. The molecule has 2 aromatic heterocycles. The van der Waals surface area contributed by atoms with Crippen LogP contribution in [0.5, 0.6) is 5.75 Å². The van der Waals surface area contributed by atoms with Crippen LogP contribution >= 0.6 is 11.6 Å². The number of anilines is 2. The number of carbonyl (C=O) groups excluding carboxylic acids is 1. The van der Waals surface area contributed by atoms with Crippen molar-refractivity contribution in [3.05, 3.63) is 46.7 Å². The van der Waals surface area contributed by atoms with Crippen LogP contribution < -0.4 is 15.4 Å². The van der Waals surface area contributed by atoms with E-state index in [9.17, 15) is 9.90 Å². The average molecular weight is 471 g/mol. The number of fused-ring (bicyclic) bond motifs is 3. The van der Waals surface area contributed by atoms with Crippen LogP contribution in [-0.2, 0) is 9.53 Å². The maximum absolute atomic E-state index is 12.6. The summed E-state index contributed by atoms with van der Waals surface area (Å²) in [6.45, 7) is 1.95. The number of rotatable bonds is 6. The fourth-order valence-corrected chi connectivity index (χ4v) is 4.99. The zero-order chi connectivity index (χ0) is 23.2. The first-order valence-electron chi connectivity index (χ1n) is 11.1. The number of nitrogens with zero attached hydrogens (tertiary/aromatic N) is 1. The number of hydrogen-bond donors (Lipinski definition) is 4. The number of pyridine rings is 1. The van der Waals surface area contributed by atoms with Crippen LogP contribution in [0.4, 0.5) is 11.4 Å². The first kappa shape index (κ1) is 22.0. The molecule has 2 aliphatic rings. The molecule has 3 aromatic rings. The Labute approximate surface area is 196 Å². The van der Waals surface area contributed by atoms with Gasteiger partial charge in [0.2, 0.25) is 0 Å². The Kier molecular flexibility index (Phi) is 5.68. The number of aromatic amines is 1. The average Bonchev–Trinajstić information content (AvgIpc) is 3.44. The number of aliphatic hydroxyl groups is 1. The molecule has 8 nitrogen and oxygen atoms in total.